The third-order valence-electron chi connectivity index (χ3n) is 7.96. The van der Waals surface area contributed by atoms with Gasteiger partial charge in [-0.2, -0.15) is 22.5 Å². The molecule has 3 aliphatic rings. The summed E-state index contributed by atoms with van der Waals surface area (Å²) in [6.45, 7) is 6.90. The number of nitrogens with zero attached hydrogens (tertiary/aromatic N) is 4. The van der Waals surface area contributed by atoms with Crippen LogP contribution in [0.2, 0.25) is 0 Å². The van der Waals surface area contributed by atoms with Crippen LogP contribution in [-0.2, 0) is 36.7 Å². The number of hydrogen-bond acceptors (Lipinski definition) is 12. The Labute approximate surface area is 289 Å². The standard InChI is InChI=1S/C33H32F4N6O7S/c1-32(2,3)49-31(45)39-24-17-51(46,47)29-25(26(24)44)20(12-18-4-6-19(7-5-18)28-41-30(50-42-28)33(35,36)37)14-23(27(34)40-29)21-13-22(16-38-15-21)43-8-10-48-11-9-43/h4-7,13-16,24,40H,8-12,17H2,1-3H3,(H,39,45)/t24-/m0/s1. The van der Waals surface area contributed by atoms with Gasteiger partial charge < -0.3 is 29.5 Å². The summed E-state index contributed by atoms with van der Waals surface area (Å²) in [6, 6.07) is 5.99. The number of carbonyl (C=O) groups excluding carboxylic acids is 2. The van der Waals surface area contributed by atoms with Gasteiger partial charge in [0.25, 0.3) is 0 Å². The minimum absolute atomic E-state index is 0.0767. The summed E-state index contributed by atoms with van der Waals surface area (Å²) < 4.78 is 97.6. The Bertz CT molecular complexity index is 2060. The van der Waals surface area contributed by atoms with E-state index in [0.29, 0.717) is 37.6 Å². The van der Waals surface area contributed by atoms with Crippen molar-refractivity contribution in [3.63, 3.8) is 0 Å². The highest BCUT2D eigenvalue weighted by Gasteiger charge is 2.43. The fourth-order valence-electron chi connectivity index (χ4n) is 5.66. The minimum Gasteiger partial charge on any atom is -0.444 e. The first-order valence-corrected chi connectivity index (χ1v) is 17.3. The van der Waals surface area contributed by atoms with Gasteiger partial charge in [0.2, 0.25) is 5.82 Å². The summed E-state index contributed by atoms with van der Waals surface area (Å²) in [5.41, 5.74) is 0.259. The first-order valence-electron chi connectivity index (χ1n) is 15.7. The molecule has 0 unspecified atom stereocenters. The molecule has 1 saturated heterocycles. The quantitative estimate of drug-likeness (QED) is 0.270. The van der Waals surface area contributed by atoms with Gasteiger partial charge in [0.1, 0.15) is 16.7 Å². The second-order valence-corrected chi connectivity index (χ2v) is 14.9. The van der Waals surface area contributed by atoms with Crippen molar-refractivity contribution in [2.75, 3.05) is 37.0 Å². The molecule has 18 heteroatoms. The maximum Gasteiger partial charge on any atom is 0.471 e. The lowest BCUT2D eigenvalue weighted by molar-refractivity contribution is -0.159. The van der Waals surface area contributed by atoms with Crippen molar-refractivity contribution in [2.24, 2.45) is 0 Å². The highest BCUT2D eigenvalue weighted by atomic mass is 32.2. The van der Waals surface area contributed by atoms with Gasteiger partial charge in [0.05, 0.1) is 36.4 Å². The lowest BCUT2D eigenvalue weighted by Gasteiger charge is -2.28. The molecule has 2 N–H and O–H groups in total. The number of hydrogen-bond donors (Lipinski definition) is 2. The zero-order chi connectivity index (χ0) is 36.7. The fourth-order valence-corrected chi connectivity index (χ4v) is 7.29. The maximum absolute atomic E-state index is 16.2. The van der Waals surface area contributed by atoms with Gasteiger partial charge in [-0.15, -0.1) is 0 Å². The summed E-state index contributed by atoms with van der Waals surface area (Å²) >= 11 is 0. The fraction of sp³-hybridized carbons (Fsp3) is 0.364. The number of carbonyl (C=O) groups is 2. The number of halogens is 4. The van der Waals surface area contributed by atoms with Crippen LogP contribution in [0.25, 0.3) is 17.0 Å². The molecule has 3 aliphatic heterocycles. The maximum atomic E-state index is 16.2. The minimum atomic E-state index is -4.84. The van der Waals surface area contributed by atoms with Crippen LogP contribution in [0.4, 0.5) is 28.0 Å². The van der Waals surface area contributed by atoms with Crippen molar-refractivity contribution in [1.82, 2.24) is 25.8 Å². The Morgan fingerprint density at radius 1 is 1.10 bits per heavy atom. The normalized spacial score (nSPS) is 19.6. The third kappa shape index (κ3) is 7.96. The zero-order valence-electron chi connectivity index (χ0n) is 27.5. The molecule has 2 aromatic heterocycles. The molecule has 270 valence electrons. The van der Waals surface area contributed by atoms with Crippen LogP contribution in [-0.4, -0.2) is 79.1 Å². The van der Waals surface area contributed by atoms with Crippen LogP contribution >= 0.6 is 0 Å². The number of amides is 1. The second kappa shape index (κ2) is 13.6. The lowest BCUT2D eigenvalue weighted by atomic mass is 9.90. The van der Waals surface area contributed by atoms with Crippen LogP contribution in [0.3, 0.4) is 0 Å². The summed E-state index contributed by atoms with van der Waals surface area (Å²) in [4.78, 5) is 36.4. The molecule has 5 heterocycles. The Morgan fingerprint density at radius 3 is 2.45 bits per heavy atom. The summed E-state index contributed by atoms with van der Waals surface area (Å²) in [5, 5.41) is 7.38. The Morgan fingerprint density at radius 2 is 1.80 bits per heavy atom. The van der Waals surface area contributed by atoms with Gasteiger partial charge in [-0.25, -0.2) is 13.2 Å². The van der Waals surface area contributed by atoms with Crippen molar-refractivity contribution in [1.29, 1.82) is 0 Å². The van der Waals surface area contributed by atoms with Crippen LogP contribution in [0, 0.1) is 0 Å². The average Bonchev–Trinajstić information content (AvgIpc) is 3.52. The predicted octanol–water partition coefficient (Wildman–Crippen LogP) is 4.50. The number of allylic oxidation sites excluding steroid dienone is 3. The molecule has 1 aromatic carbocycles. The van der Waals surface area contributed by atoms with Gasteiger partial charge in [-0.3, -0.25) is 9.78 Å². The number of alkyl carbamates (subject to hydrolysis) is 1. The lowest BCUT2D eigenvalue weighted by Crippen LogP contribution is -2.51. The van der Waals surface area contributed by atoms with E-state index in [9.17, 15) is 31.2 Å². The van der Waals surface area contributed by atoms with Crippen LogP contribution in [0.15, 0.2) is 75.5 Å². The molecule has 3 aromatic rings. The van der Waals surface area contributed by atoms with Crippen LogP contribution < -0.4 is 15.5 Å². The van der Waals surface area contributed by atoms with Crippen LogP contribution in [0.1, 0.15) is 37.8 Å². The van der Waals surface area contributed by atoms with E-state index >= 15 is 4.39 Å². The van der Waals surface area contributed by atoms with Gasteiger partial charge in [-0.05, 0) is 50.5 Å². The third-order valence-corrected chi connectivity index (χ3v) is 9.66. The molecule has 51 heavy (non-hydrogen) atoms. The van der Waals surface area contributed by atoms with Crippen molar-refractivity contribution < 1.29 is 49.6 Å². The number of nitrogens with one attached hydrogen (secondary N) is 2. The van der Waals surface area contributed by atoms with Crippen LogP contribution in [0.5, 0.6) is 0 Å². The number of Topliss-reactive ketones (excluding diaryl/α,β-unsaturated/α-hetero) is 1. The molecular formula is C33H32F4N6O7S. The molecule has 0 aliphatic carbocycles. The smallest absolute Gasteiger partial charge is 0.444 e. The number of ketones is 1. The van der Waals surface area contributed by atoms with E-state index < -0.39 is 62.2 Å². The average molecular weight is 733 g/mol. The zero-order valence-corrected chi connectivity index (χ0v) is 28.3. The first kappa shape index (κ1) is 35.7. The molecule has 1 fully saturated rings. The van der Waals surface area contributed by atoms with Crippen molar-refractivity contribution in [3.05, 3.63) is 87.9 Å². The largest absolute Gasteiger partial charge is 0.471 e. The number of rotatable bonds is 6. The molecular weight excluding hydrogens is 700 g/mol. The van der Waals surface area contributed by atoms with E-state index in [0.717, 1.165) is 0 Å². The number of aromatic nitrogens is 3. The number of benzene rings is 1. The molecule has 6 rings (SSSR count). The van der Waals surface area contributed by atoms with Gasteiger partial charge in [-0.1, -0.05) is 29.4 Å². The molecule has 1 atom stereocenters. The monoisotopic (exact) mass is 732 g/mol. The van der Waals surface area contributed by atoms with E-state index in [-0.39, 0.29) is 40.1 Å². The van der Waals surface area contributed by atoms with Crippen molar-refractivity contribution in [2.45, 2.75) is 45.0 Å². The van der Waals surface area contributed by atoms with E-state index in [4.69, 9.17) is 9.47 Å². The number of anilines is 1. The molecule has 13 nitrogen and oxygen atoms in total. The van der Waals surface area contributed by atoms with E-state index in [1.807, 2.05) is 4.90 Å². The molecule has 1 amide bonds. The Kier molecular flexibility index (Phi) is 9.49. The highest BCUT2D eigenvalue weighted by molar-refractivity contribution is 7.95. The van der Waals surface area contributed by atoms with E-state index in [1.165, 1.54) is 36.5 Å². The molecule has 0 spiro atoms. The van der Waals surface area contributed by atoms with Gasteiger partial charge in [0.15, 0.2) is 21.6 Å². The van der Waals surface area contributed by atoms with Gasteiger partial charge >= 0.3 is 18.2 Å². The first-order chi connectivity index (χ1) is 24.0. The SMILES string of the molecule is CC(C)(C)OC(=O)N[C@H]1CS(=O)(=O)C2=C(C1=O)C(Cc1ccc(-c3noc(C(F)(F)F)n3)cc1)=CC(c1cncc(N3CCOCC3)c1)=C(F)N2. The van der Waals surface area contributed by atoms with Gasteiger partial charge in [0, 0.05) is 36.0 Å². The number of ether oxygens (including phenoxy) is 2. The Balaban J connectivity index is 1.41. The molecule has 0 saturated carbocycles. The molecule has 0 bridgehead atoms. The Hall–Kier alpha value is -5.10. The summed E-state index contributed by atoms with van der Waals surface area (Å²) in [6.07, 6.45) is -1.65. The topological polar surface area (TPSA) is 166 Å². The predicted molar refractivity (Wildman–Crippen MR) is 174 cm³/mol. The molecule has 0 radical (unpaired) electrons. The highest BCUT2D eigenvalue weighted by Crippen LogP contribution is 2.37. The number of pyridine rings is 1. The van der Waals surface area contributed by atoms with E-state index in [2.05, 4.69) is 30.3 Å². The van der Waals surface area contributed by atoms with Crippen molar-refractivity contribution in [3.8, 4) is 11.4 Å². The number of alkyl halides is 3. The second-order valence-electron chi connectivity index (χ2n) is 12.9. The number of morpholine rings is 1. The van der Waals surface area contributed by atoms with E-state index in [1.54, 1.807) is 33.0 Å². The number of sulfone groups is 1. The summed E-state index contributed by atoms with van der Waals surface area (Å²) in [5.74, 6) is -4.55. The summed E-state index contributed by atoms with van der Waals surface area (Å²) in [7, 11) is -4.41. The van der Waals surface area contributed by atoms with Crippen molar-refractivity contribution >= 4 is 33.0 Å².